The minimum atomic E-state index is 0.399. The van der Waals surface area contributed by atoms with Crippen LogP contribution in [0.15, 0.2) is 18.2 Å². The average Bonchev–Trinajstić information content (AvgIpc) is 2.85. The third kappa shape index (κ3) is 2.50. The lowest BCUT2D eigenvalue weighted by molar-refractivity contribution is 0.201. The van der Waals surface area contributed by atoms with Crippen molar-refractivity contribution in [1.29, 1.82) is 0 Å². The molecule has 0 bridgehead atoms. The molecular weight excluding hydrogens is 296 g/mol. The van der Waals surface area contributed by atoms with Gasteiger partial charge in [0.05, 0.1) is 0 Å². The summed E-state index contributed by atoms with van der Waals surface area (Å²) >= 11 is 5.84. The molecule has 3 atom stereocenters. The fraction of sp³-hybridized carbons (Fsp3) is 0.571. The first kappa shape index (κ1) is 11.9. The van der Waals surface area contributed by atoms with Gasteiger partial charge in [-0.1, -0.05) is 33.6 Å². The van der Waals surface area contributed by atoms with Crippen LogP contribution >= 0.6 is 27.7 Å². The van der Waals surface area contributed by atoms with Crippen molar-refractivity contribution >= 4 is 27.7 Å². The predicted molar refractivity (Wildman–Crippen MR) is 77.4 cm³/mol. The molecule has 0 spiro atoms. The van der Waals surface area contributed by atoms with Gasteiger partial charge in [-0.15, -0.1) is 0 Å². The Hall–Kier alpha value is -0.150. The molecule has 3 heteroatoms. The number of thioether (sulfide) groups is 1. The zero-order chi connectivity index (χ0) is 11.8. The van der Waals surface area contributed by atoms with Crippen LogP contribution in [0.4, 0.5) is 0 Å². The van der Waals surface area contributed by atoms with Gasteiger partial charge in [-0.3, -0.25) is 0 Å². The summed E-state index contributed by atoms with van der Waals surface area (Å²) in [6.07, 6.45) is 2.68. The van der Waals surface area contributed by atoms with E-state index in [2.05, 4.69) is 52.8 Å². The van der Waals surface area contributed by atoms with Gasteiger partial charge >= 0.3 is 0 Å². The van der Waals surface area contributed by atoms with Crippen LogP contribution in [0.5, 0.6) is 5.75 Å². The molecule has 0 amide bonds. The molecule has 0 saturated carbocycles. The molecule has 2 aliphatic rings. The van der Waals surface area contributed by atoms with Gasteiger partial charge in [0, 0.05) is 17.0 Å². The molecule has 1 saturated heterocycles. The van der Waals surface area contributed by atoms with Crippen molar-refractivity contribution < 1.29 is 4.74 Å². The maximum Gasteiger partial charge on any atom is 0.123 e. The van der Waals surface area contributed by atoms with E-state index >= 15 is 0 Å². The first-order valence-electron chi connectivity index (χ1n) is 6.20. The van der Waals surface area contributed by atoms with Crippen LogP contribution in [-0.2, 0) is 6.42 Å². The average molecular weight is 313 g/mol. The van der Waals surface area contributed by atoms with Gasteiger partial charge in [-0.05, 0) is 36.6 Å². The van der Waals surface area contributed by atoms with Crippen LogP contribution < -0.4 is 4.74 Å². The summed E-state index contributed by atoms with van der Waals surface area (Å²) < 4.78 is 6.04. The first-order valence-corrected chi connectivity index (χ1v) is 8.27. The van der Waals surface area contributed by atoms with Gasteiger partial charge in [-0.25, -0.2) is 0 Å². The lowest BCUT2D eigenvalue weighted by atomic mass is 9.97. The van der Waals surface area contributed by atoms with E-state index in [0.29, 0.717) is 10.9 Å². The summed E-state index contributed by atoms with van der Waals surface area (Å²) in [7, 11) is 0. The molecule has 1 nitrogen and oxygen atoms in total. The predicted octanol–water partition coefficient (Wildman–Crippen LogP) is 3.82. The van der Waals surface area contributed by atoms with Crippen LogP contribution in [0, 0.1) is 12.8 Å². The normalized spacial score (nSPS) is 31.3. The summed E-state index contributed by atoms with van der Waals surface area (Å²) in [5.41, 5.74) is 2.73. The molecule has 0 N–H and O–H groups in total. The largest absolute Gasteiger partial charge is 0.490 e. The monoisotopic (exact) mass is 312 g/mol. The number of aryl methyl sites for hydroxylation is 1. The summed E-state index contributed by atoms with van der Waals surface area (Å²) in [5.74, 6) is 4.42. The number of alkyl halides is 1. The van der Waals surface area contributed by atoms with E-state index in [9.17, 15) is 0 Å². The Bertz CT molecular complexity index is 421. The van der Waals surface area contributed by atoms with E-state index < -0.39 is 0 Å². The van der Waals surface area contributed by atoms with Crippen molar-refractivity contribution in [3.05, 3.63) is 29.3 Å². The topological polar surface area (TPSA) is 9.23 Å². The number of hydrogen-bond donors (Lipinski definition) is 0. The first-order chi connectivity index (χ1) is 8.22. The maximum atomic E-state index is 6.04. The van der Waals surface area contributed by atoms with Gasteiger partial charge in [0.15, 0.2) is 0 Å². The summed E-state index contributed by atoms with van der Waals surface area (Å²) in [6.45, 7) is 2.15. The van der Waals surface area contributed by atoms with Gasteiger partial charge in [0.25, 0.3) is 0 Å². The number of hydrogen-bond acceptors (Lipinski definition) is 2. The molecule has 2 aliphatic heterocycles. The number of benzene rings is 1. The minimum Gasteiger partial charge on any atom is -0.490 e. The summed E-state index contributed by atoms with van der Waals surface area (Å²) in [4.78, 5) is 0.682. The van der Waals surface area contributed by atoms with E-state index in [1.54, 1.807) is 0 Å². The summed E-state index contributed by atoms with van der Waals surface area (Å²) in [5, 5.41) is 0. The van der Waals surface area contributed by atoms with Gasteiger partial charge < -0.3 is 4.74 Å². The lowest BCUT2D eigenvalue weighted by Crippen LogP contribution is -2.22. The number of ether oxygens (including phenoxy) is 1. The highest BCUT2D eigenvalue weighted by atomic mass is 79.9. The fourth-order valence-corrected chi connectivity index (χ4v) is 5.22. The number of halogens is 1. The van der Waals surface area contributed by atoms with Crippen LogP contribution in [0.1, 0.15) is 17.5 Å². The molecule has 3 unspecified atom stereocenters. The Kier molecular flexibility index (Phi) is 3.40. The lowest BCUT2D eigenvalue weighted by Gasteiger charge is -2.17. The minimum absolute atomic E-state index is 0.399. The van der Waals surface area contributed by atoms with Gasteiger partial charge in [0.2, 0.25) is 0 Å². The quantitative estimate of drug-likeness (QED) is 0.768. The number of fused-ring (bicyclic) bond motifs is 1. The Labute approximate surface area is 115 Å². The molecule has 17 heavy (non-hydrogen) atoms. The molecule has 2 heterocycles. The van der Waals surface area contributed by atoms with E-state index in [-0.39, 0.29) is 0 Å². The zero-order valence-corrected chi connectivity index (χ0v) is 12.4. The third-order valence-corrected chi connectivity index (χ3v) is 6.40. The second kappa shape index (κ2) is 4.85. The van der Waals surface area contributed by atoms with E-state index in [1.807, 2.05) is 0 Å². The number of rotatable bonds is 2. The van der Waals surface area contributed by atoms with Crippen molar-refractivity contribution in [1.82, 2.24) is 0 Å². The van der Waals surface area contributed by atoms with Gasteiger partial charge in [0.1, 0.15) is 11.9 Å². The van der Waals surface area contributed by atoms with Crippen LogP contribution in [0.3, 0.4) is 0 Å². The highest BCUT2D eigenvalue weighted by Crippen LogP contribution is 2.37. The Morgan fingerprint density at radius 3 is 3.06 bits per heavy atom. The molecular formula is C14H17BrOS. The van der Waals surface area contributed by atoms with Crippen LogP contribution in [0.25, 0.3) is 0 Å². The van der Waals surface area contributed by atoms with Crippen LogP contribution in [0.2, 0.25) is 0 Å². The highest BCUT2D eigenvalue weighted by molar-refractivity contribution is 9.09. The van der Waals surface area contributed by atoms with E-state index in [0.717, 1.165) is 18.1 Å². The molecule has 1 fully saturated rings. The maximum absolute atomic E-state index is 6.04. The fourth-order valence-electron chi connectivity index (χ4n) is 2.71. The standard InChI is InChI=1S/C14H17BrOS/c1-9-2-3-14-10(4-9)5-12(16-14)6-11-7-17-8-13(11)15/h2-4,11-13H,5-8H2,1H3. The zero-order valence-electron chi connectivity index (χ0n) is 9.99. The van der Waals surface area contributed by atoms with Crippen molar-refractivity contribution in [3.63, 3.8) is 0 Å². The third-order valence-electron chi connectivity index (χ3n) is 3.64. The van der Waals surface area contributed by atoms with E-state index in [4.69, 9.17) is 4.74 Å². The van der Waals surface area contributed by atoms with Crippen molar-refractivity contribution in [2.24, 2.45) is 5.92 Å². The Morgan fingerprint density at radius 2 is 2.29 bits per heavy atom. The van der Waals surface area contributed by atoms with Crippen molar-refractivity contribution in [2.75, 3.05) is 11.5 Å². The highest BCUT2D eigenvalue weighted by Gasteiger charge is 2.31. The SMILES string of the molecule is Cc1ccc2c(c1)CC(CC1CSCC1Br)O2. The molecule has 92 valence electrons. The molecule has 1 aromatic carbocycles. The molecule has 1 aromatic rings. The van der Waals surface area contributed by atoms with Crippen molar-refractivity contribution in [3.8, 4) is 5.75 Å². The van der Waals surface area contributed by atoms with Crippen molar-refractivity contribution in [2.45, 2.75) is 30.7 Å². The van der Waals surface area contributed by atoms with E-state index in [1.165, 1.54) is 29.1 Å². The Morgan fingerprint density at radius 1 is 1.41 bits per heavy atom. The Balaban J connectivity index is 1.66. The second-order valence-corrected chi connectivity index (χ2v) is 7.36. The molecule has 3 rings (SSSR count). The summed E-state index contributed by atoms with van der Waals surface area (Å²) in [6, 6.07) is 6.53. The molecule has 0 radical (unpaired) electrons. The van der Waals surface area contributed by atoms with Gasteiger partial charge in [-0.2, -0.15) is 11.8 Å². The molecule has 0 aromatic heterocycles. The smallest absolute Gasteiger partial charge is 0.123 e. The molecule has 0 aliphatic carbocycles. The second-order valence-electron chi connectivity index (χ2n) is 5.10. The van der Waals surface area contributed by atoms with Crippen LogP contribution in [-0.4, -0.2) is 22.4 Å².